The molecule has 1 fully saturated rings. The van der Waals surface area contributed by atoms with E-state index >= 15 is 0 Å². The predicted molar refractivity (Wildman–Crippen MR) is 119 cm³/mol. The summed E-state index contributed by atoms with van der Waals surface area (Å²) in [6.45, 7) is 2.06. The highest BCUT2D eigenvalue weighted by Crippen LogP contribution is 2.19. The van der Waals surface area contributed by atoms with Crippen molar-refractivity contribution >= 4 is 18.0 Å². The van der Waals surface area contributed by atoms with Gasteiger partial charge in [-0.25, -0.2) is 9.48 Å². The molecule has 1 aliphatic rings. The first-order chi connectivity index (χ1) is 15.5. The zero-order chi connectivity index (χ0) is 22.7. The Hall–Kier alpha value is -4.38. The van der Waals surface area contributed by atoms with Crippen LogP contribution in [0.5, 0.6) is 0 Å². The Morgan fingerprint density at radius 2 is 1.75 bits per heavy atom. The number of rotatable bonds is 6. The molecule has 0 aliphatic carbocycles. The van der Waals surface area contributed by atoms with Gasteiger partial charge in [0.1, 0.15) is 5.70 Å². The number of imide groups is 1. The molecule has 160 valence electrons. The number of carbonyl (C=O) groups excluding carboxylic acids is 2. The average Bonchev–Trinajstić information content (AvgIpc) is 3.26. The summed E-state index contributed by atoms with van der Waals surface area (Å²) < 4.78 is 1.44. The van der Waals surface area contributed by atoms with Gasteiger partial charge in [-0.3, -0.25) is 19.6 Å². The first-order valence-electron chi connectivity index (χ1n) is 10.2. The van der Waals surface area contributed by atoms with Crippen molar-refractivity contribution in [1.29, 1.82) is 5.26 Å². The molecule has 0 spiro atoms. The van der Waals surface area contributed by atoms with Gasteiger partial charge in [0, 0.05) is 5.69 Å². The third-order valence-electron chi connectivity index (χ3n) is 5.19. The van der Waals surface area contributed by atoms with Gasteiger partial charge >= 0.3 is 6.03 Å². The van der Waals surface area contributed by atoms with Gasteiger partial charge in [0.2, 0.25) is 0 Å². The molecule has 0 saturated carbocycles. The molecule has 0 radical (unpaired) electrons. The van der Waals surface area contributed by atoms with Crippen LogP contribution in [0, 0.1) is 11.3 Å². The third-order valence-corrected chi connectivity index (χ3v) is 5.19. The van der Waals surface area contributed by atoms with Crippen LogP contribution in [-0.2, 0) is 17.8 Å². The molecule has 1 saturated heterocycles. The minimum absolute atomic E-state index is 0.0531. The Kier molecular flexibility index (Phi) is 5.73. The standard InChI is InChI=1S/C24H21N5O3/c1-2-6-20-19(22(30)29(27-20)18-7-4-3-5-8-18)13-21-23(31)28(24(32)26-21)15-17-11-9-16(14-25)10-12-17/h3-5,7-13,27H,2,6,15H2,1H3,(H,26,32)/b21-13-. The number of H-pyrrole nitrogens is 1. The number of hydrogen-bond acceptors (Lipinski definition) is 4. The van der Waals surface area contributed by atoms with Crippen LogP contribution < -0.4 is 10.9 Å². The van der Waals surface area contributed by atoms with E-state index in [0.29, 0.717) is 34.5 Å². The van der Waals surface area contributed by atoms with Crippen LogP contribution in [-0.4, -0.2) is 26.6 Å². The molecule has 8 heteroatoms. The van der Waals surface area contributed by atoms with Gasteiger partial charge in [0.25, 0.3) is 11.5 Å². The lowest BCUT2D eigenvalue weighted by Crippen LogP contribution is -2.30. The normalized spacial score (nSPS) is 14.6. The zero-order valence-electron chi connectivity index (χ0n) is 17.5. The minimum Gasteiger partial charge on any atom is -0.303 e. The first kappa shape index (κ1) is 20.9. The van der Waals surface area contributed by atoms with E-state index in [1.165, 1.54) is 10.8 Å². The van der Waals surface area contributed by atoms with E-state index in [4.69, 9.17) is 5.26 Å². The number of nitrogens with one attached hydrogen (secondary N) is 2. The number of nitrogens with zero attached hydrogens (tertiary/aromatic N) is 3. The highest BCUT2D eigenvalue weighted by Gasteiger charge is 2.34. The predicted octanol–water partition coefficient (Wildman–Crippen LogP) is 3.08. The number of carbonyl (C=O) groups is 2. The summed E-state index contributed by atoms with van der Waals surface area (Å²) in [6.07, 6.45) is 2.86. The lowest BCUT2D eigenvalue weighted by Gasteiger charge is -2.11. The third kappa shape index (κ3) is 3.96. The fourth-order valence-electron chi connectivity index (χ4n) is 3.57. The molecule has 4 rings (SSSR count). The maximum atomic E-state index is 13.1. The SMILES string of the molecule is CCCc1[nH]n(-c2ccccc2)c(=O)c1/C=C1\NC(=O)N(Cc2ccc(C#N)cc2)C1=O. The summed E-state index contributed by atoms with van der Waals surface area (Å²) in [5.41, 5.74) is 2.70. The van der Waals surface area contributed by atoms with Crippen molar-refractivity contribution in [1.82, 2.24) is 20.0 Å². The van der Waals surface area contributed by atoms with Gasteiger partial charge < -0.3 is 5.32 Å². The Balaban J connectivity index is 1.65. The Labute approximate surface area is 184 Å². The molecule has 32 heavy (non-hydrogen) atoms. The van der Waals surface area contributed by atoms with E-state index in [0.717, 1.165) is 11.3 Å². The van der Waals surface area contributed by atoms with Crippen molar-refractivity contribution < 1.29 is 9.59 Å². The second-order valence-electron chi connectivity index (χ2n) is 7.42. The minimum atomic E-state index is -0.554. The number of aromatic amines is 1. The summed E-state index contributed by atoms with van der Waals surface area (Å²) >= 11 is 0. The number of benzene rings is 2. The highest BCUT2D eigenvalue weighted by atomic mass is 16.2. The molecule has 0 bridgehead atoms. The van der Waals surface area contributed by atoms with Crippen molar-refractivity contribution in [3.63, 3.8) is 0 Å². The summed E-state index contributed by atoms with van der Waals surface area (Å²) in [7, 11) is 0. The highest BCUT2D eigenvalue weighted by molar-refractivity contribution is 6.13. The van der Waals surface area contributed by atoms with Crippen molar-refractivity contribution in [2.24, 2.45) is 0 Å². The molecule has 8 nitrogen and oxygen atoms in total. The maximum Gasteiger partial charge on any atom is 0.329 e. The number of para-hydroxylation sites is 1. The van der Waals surface area contributed by atoms with Gasteiger partial charge in [-0.15, -0.1) is 0 Å². The average molecular weight is 427 g/mol. The zero-order valence-corrected chi connectivity index (χ0v) is 17.5. The van der Waals surface area contributed by atoms with Crippen LogP contribution in [0.4, 0.5) is 4.79 Å². The number of hydrogen-bond donors (Lipinski definition) is 2. The molecule has 2 N–H and O–H groups in total. The van der Waals surface area contributed by atoms with Gasteiger partial charge in [-0.2, -0.15) is 5.26 Å². The second-order valence-corrected chi connectivity index (χ2v) is 7.42. The molecular formula is C24H21N5O3. The van der Waals surface area contributed by atoms with Gasteiger partial charge in [-0.1, -0.05) is 43.7 Å². The topological polar surface area (TPSA) is 111 Å². The number of amides is 3. The summed E-state index contributed by atoms with van der Waals surface area (Å²) in [4.78, 5) is 39.5. The quantitative estimate of drug-likeness (QED) is 0.465. The van der Waals surface area contributed by atoms with E-state index in [2.05, 4.69) is 10.4 Å². The maximum absolute atomic E-state index is 13.1. The summed E-state index contributed by atoms with van der Waals surface area (Å²) in [5.74, 6) is -0.506. The largest absolute Gasteiger partial charge is 0.329 e. The molecule has 0 unspecified atom stereocenters. The van der Waals surface area contributed by atoms with Gasteiger partial charge in [-0.05, 0) is 42.3 Å². The fraction of sp³-hybridized carbons (Fsp3) is 0.167. The Bertz CT molecular complexity index is 1290. The first-order valence-corrected chi connectivity index (χ1v) is 10.2. The number of nitriles is 1. The Morgan fingerprint density at radius 1 is 1.03 bits per heavy atom. The summed E-state index contributed by atoms with van der Waals surface area (Å²) in [5, 5.41) is 14.6. The number of urea groups is 1. The van der Waals surface area contributed by atoms with Crippen LogP contribution in [0.3, 0.4) is 0 Å². The monoisotopic (exact) mass is 427 g/mol. The van der Waals surface area contributed by atoms with Crippen LogP contribution in [0.1, 0.15) is 35.7 Å². The van der Waals surface area contributed by atoms with Crippen LogP contribution in [0.2, 0.25) is 0 Å². The van der Waals surface area contributed by atoms with Crippen LogP contribution in [0.25, 0.3) is 11.8 Å². The van der Waals surface area contributed by atoms with E-state index in [1.54, 1.807) is 24.3 Å². The van der Waals surface area contributed by atoms with Crippen molar-refractivity contribution in [2.75, 3.05) is 0 Å². The molecule has 2 aromatic carbocycles. The van der Waals surface area contributed by atoms with Crippen molar-refractivity contribution in [3.8, 4) is 11.8 Å². The van der Waals surface area contributed by atoms with Gasteiger partial charge in [0.05, 0.1) is 29.4 Å². The molecule has 0 atom stereocenters. The lowest BCUT2D eigenvalue weighted by molar-refractivity contribution is -0.123. The molecule has 2 heterocycles. The van der Waals surface area contributed by atoms with Crippen molar-refractivity contribution in [3.05, 3.63) is 93.0 Å². The molecular weight excluding hydrogens is 406 g/mol. The van der Waals surface area contributed by atoms with Crippen molar-refractivity contribution in [2.45, 2.75) is 26.3 Å². The number of aromatic nitrogens is 2. The van der Waals surface area contributed by atoms with Gasteiger partial charge in [0.15, 0.2) is 0 Å². The van der Waals surface area contributed by atoms with Crippen LogP contribution in [0.15, 0.2) is 65.1 Å². The van der Waals surface area contributed by atoms with E-state index in [-0.39, 0.29) is 17.8 Å². The lowest BCUT2D eigenvalue weighted by atomic mass is 10.1. The van der Waals surface area contributed by atoms with E-state index in [9.17, 15) is 14.4 Å². The second kappa shape index (κ2) is 8.78. The summed E-state index contributed by atoms with van der Waals surface area (Å²) in [6, 6.07) is 17.3. The Morgan fingerprint density at radius 3 is 2.41 bits per heavy atom. The van der Waals surface area contributed by atoms with E-state index < -0.39 is 11.9 Å². The molecule has 3 aromatic rings. The molecule has 3 amide bonds. The fourth-order valence-corrected chi connectivity index (χ4v) is 3.57. The number of aryl methyl sites for hydroxylation is 1. The smallest absolute Gasteiger partial charge is 0.303 e. The van der Waals surface area contributed by atoms with E-state index in [1.807, 2.05) is 43.3 Å². The molecule has 1 aromatic heterocycles. The van der Waals surface area contributed by atoms with Crippen LogP contribution >= 0.6 is 0 Å². The molecule has 1 aliphatic heterocycles.